The molecule has 0 bridgehead atoms. The largest absolute Gasteiger partial charge is 0.305 e. The fourth-order valence-corrected chi connectivity index (χ4v) is 0.922. The van der Waals surface area contributed by atoms with Crippen LogP contribution in [0.4, 0.5) is 0 Å². The molecule has 2 heterocycles. The van der Waals surface area contributed by atoms with Gasteiger partial charge in [0, 0.05) is 6.20 Å². The third-order valence-electron chi connectivity index (χ3n) is 1.48. The number of H-pyrrole nitrogens is 1. The van der Waals surface area contributed by atoms with E-state index in [4.69, 9.17) is 0 Å². The van der Waals surface area contributed by atoms with Crippen LogP contribution in [0, 0.1) is 0 Å². The van der Waals surface area contributed by atoms with Crippen molar-refractivity contribution in [3.63, 3.8) is 0 Å². The molecule has 0 fully saturated rings. The first-order valence-electron chi connectivity index (χ1n) is 3.47. The Morgan fingerprint density at radius 2 is 2.00 bits per heavy atom. The van der Waals surface area contributed by atoms with Gasteiger partial charge in [0.25, 0.3) is 11.1 Å². The molecule has 13 heavy (non-hydrogen) atoms. The summed E-state index contributed by atoms with van der Waals surface area (Å²) in [6.07, 6.45) is 3.48. The number of aromatic amines is 1. The van der Waals surface area contributed by atoms with Crippen molar-refractivity contribution >= 4 is 11.0 Å². The van der Waals surface area contributed by atoms with Crippen LogP contribution in [-0.4, -0.2) is 19.9 Å². The molecule has 2 aromatic heterocycles. The molecule has 0 aliphatic heterocycles. The second-order valence-electron chi connectivity index (χ2n) is 2.34. The van der Waals surface area contributed by atoms with E-state index in [9.17, 15) is 9.59 Å². The second kappa shape index (κ2) is 2.74. The first-order valence-corrected chi connectivity index (χ1v) is 3.47. The molecule has 0 saturated heterocycles. The molecular formula is C7H4N4O2. The van der Waals surface area contributed by atoms with Crippen molar-refractivity contribution in [2.75, 3.05) is 0 Å². The molecule has 0 amide bonds. The molecular weight excluding hydrogens is 172 g/mol. The molecule has 64 valence electrons. The van der Waals surface area contributed by atoms with Gasteiger partial charge in [-0.15, -0.1) is 0 Å². The highest BCUT2D eigenvalue weighted by atomic mass is 16.1. The average Bonchev–Trinajstić information content (AvgIpc) is 2.27. The van der Waals surface area contributed by atoms with Gasteiger partial charge in [0.05, 0.1) is 6.20 Å². The predicted octanol–water partition coefficient (Wildman–Crippen LogP) is -0.927. The summed E-state index contributed by atoms with van der Waals surface area (Å²) in [6, 6.07) is 0. The summed E-state index contributed by atoms with van der Waals surface area (Å²) < 4.78 is 0. The summed E-state index contributed by atoms with van der Waals surface area (Å²) >= 11 is 0. The van der Waals surface area contributed by atoms with Crippen molar-refractivity contribution in [1.82, 2.24) is 19.9 Å². The third kappa shape index (κ3) is 1.28. The van der Waals surface area contributed by atoms with Crippen molar-refractivity contribution in [2.24, 2.45) is 0 Å². The average molecular weight is 176 g/mol. The van der Waals surface area contributed by atoms with Crippen LogP contribution in [-0.2, 0) is 0 Å². The van der Waals surface area contributed by atoms with Crippen LogP contribution in [0.2, 0.25) is 0 Å². The summed E-state index contributed by atoms with van der Waals surface area (Å²) in [5.74, 6) is 0. The number of fused-ring (bicyclic) bond motifs is 1. The molecule has 0 atom stereocenters. The number of nitrogens with one attached hydrogen (secondary N) is 1. The maximum absolute atomic E-state index is 11.2. The van der Waals surface area contributed by atoms with Gasteiger partial charge in [-0.3, -0.25) is 9.59 Å². The number of hydrogen-bond donors (Lipinski definition) is 1. The van der Waals surface area contributed by atoms with Crippen molar-refractivity contribution < 1.29 is 0 Å². The van der Waals surface area contributed by atoms with Crippen LogP contribution in [0.3, 0.4) is 0 Å². The Morgan fingerprint density at radius 1 is 1.15 bits per heavy atom. The molecule has 0 spiro atoms. The highest BCUT2D eigenvalue weighted by Crippen LogP contribution is 1.93. The highest BCUT2D eigenvalue weighted by Gasteiger charge is 1.97. The minimum absolute atomic E-state index is 0.197. The van der Waals surface area contributed by atoms with Gasteiger partial charge in [0.2, 0.25) is 0 Å². The molecule has 0 aliphatic rings. The maximum atomic E-state index is 11.2. The van der Waals surface area contributed by atoms with Gasteiger partial charge in [-0.05, 0) is 0 Å². The number of rotatable bonds is 0. The minimum atomic E-state index is -0.519. The number of hydrogen-bond acceptors (Lipinski definition) is 5. The van der Waals surface area contributed by atoms with Crippen molar-refractivity contribution in [1.29, 1.82) is 0 Å². The minimum Gasteiger partial charge on any atom is -0.305 e. The molecule has 2 rings (SSSR count). The van der Waals surface area contributed by atoms with Gasteiger partial charge in [0.15, 0.2) is 0 Å². The number of aromatic nitrogens is 4. The predicted molar refractivity (Wildman–Crippen MR) is 44.2 cm³/mol. The highest BCUT2D eigenvalue weighted by molar-refractivity contribution is 5.70. The van der Waals surface area contributed by atoms with Gasteiger partial charge in [-0.2, -0.15) is 0 Å². The van der Waals surface area contributed by atoms with E-state index >= 15 is 0 Å². The monoisotopic (exact) mass is 176 g/mol. The summed E-state index contributed by atoms with van der Waals surface area (Å²) in [5, 5.41) is 0.199. The zero-order chi connectivity index (χ0) is 9.26. The van der Waals surface area contributed by atoms with Gasteiger partial charge in [-0.25, -0.2) is 15.0 Å². The Hall–Kier alpha value is -2.11. The molecule has 1 N–H and O–H groups in total. The first kappa shape index (κ1) is 7.53. The molecule has 0 unspecified atom stereocenters. The third-order valence-corrected chi connectivity index (χ3v) is 1.48. The molecule has 0 saturated carbocycles. The molecule has 6 heteroatoms. The topological polar surface area (TPSA) is 88.6 Å². The van der Waals surface area contributed by atoms with E-state index in [-0.39, 0.29) is 11.0 Å². The lowest BCUT2D eigenvalue weighted by Gasteiger charge is -1.85. The Balaban J connectivity index is 3.13. The molecule has 0 aromatic carbocycles. The van der Waals surface area contributed by atoms with E-state index in [0.29, 0.717) is 0 Å². The van der Waals surface area contributed by atoms with Gasteiger partial charge >= 0.3 is 0 Å². The number of nitrogens with zero attached hydrogens (tertiary/aromatic N) is 3. The van der Waals surface area contributed by atoms with E-state index in [1.54, 1.807) is 0 Å². The van der Waals surface area contributed by atoms with Crippen LogP contribution >= 0.6 is 0 Å². The van der Waals surface area contributed by atoms with Gasteiger partial charge < -0.3 is 4.98 Å². The van der Waals surface area contributed by atoms with Crippen LogP contribution in [0.15, 0.2) is 28.3 Å². The zero-order valence-corrected chi connectivity index (χ0v) is 6.39. The summed E-state index contributed by atoms with van der Waals surface area (Å²) in [4.78, 5) is 35.3. The van der Waals surface area contributed by atoms with E-state index in [2.05, 4.69) is 19.9 Å². The van der Waals surface area contributed by atoms with Gasteiger partial charge in [0.1, 0.15) is 17.4 Å². The fraction of sp³-hybridized carbons (Fsp3) is 0. The molecule has 0 aliphatic carbocycles. The smallest absolute Gasteiger partial charge is 0.282 e. The normalized spacial score (nSPS) is 10.2. The van der Waals surface area contributed by atoms with Crippen LogP contribution in [0.25, 0.3) is 11.0 Å². The van der Waals surface area contributed by atoms with E-state index in [1.807, 2.05) is 0 Å². The molecule has 0 radical (unpaired) electrons. The quantitative estimate of drug-likeness (QED) is 0.560. The zero-order valence-electron chi connectivity index (χ0n) is 6.39. The fourth-order valence-electron chi connectivity index (χ4n) is 0.922. The Labute approximate surface area is 71.3 Å². The molecule has 2 aromatic rings. The van der Waals surface area contributed by atoms with Crippen LogP contribution in [0.1, 0.15) is 0 Å². The summed E-state index contributed by atoms with van der Waals surface area (Å²) in [7, 11) is 0. The lowest BCUT2D eigenvalue weighted by atomic mass is 10.4. The maximum Gasteiger partial charge on any atom is 0.282 e. The van der Waals surface area contributed by atoms with E-state index in [0.717, 1.165) is 6.20 Å². The Bertz CT molecular complexity index is 563. The standard InChI is InChI=1S/C7H4N4O2/c12-5-2-9-7(13)4-1-8-3-10-6(4)11-5/h1-3H,(H,8,10,11,12). The lowest BCUT2D eigenvalue weighted by Crippen LogP contribution is -2.02. The molecule has 6 nitrogen and oxygen atoms in total. The summed E-state index contributed by atoms with van der Waals surface area (Å²) in [6.45, 7) is 0. The SMILES string of the molecule is O=c1cnc(=O)c2cncnc2[nH]1. The Morgan fingerprint density at radius 3 is 2.85 bits per heavy atom. The van der Waals surface area contributed by atoms with E-state index in [1.165, 1.54) is 12.5 Å². The van der Waals surface area contributed by atoms with Crippen molar-refractivity contribution in [3.05, 3.63) is 39.4 Å². The van der Waals surface area contributed by atoms with Crippen LogP contribution < -0.4 is 11.1 Å². The van der Waals surface area contributed by atoms with Gasteiger partial charge in [-0.1, -0.05) is 0 Å². The summed E-state index contributed by atoms with van der Waals surface area (Å²) in [5.41, 5.74) is -0.790. The second-order valence-corrected chi connectivity index (χ2v) is 2.34. The van der Waals surface area contributed by atoms with E-state index < -0.39 is 11.1 Å². The van der Waals surface area contributed by atoms with Crippen molar-refractivity contribution in [2.45, 2.75) is 0 Å². The van der Waals surface area contributed by atoms with Crippen molar-refractivity contribution in [3.8, 4) is 0 Å². The van der Waals surface area contributed by atoms with Crippen LogP contribution in [0.5, 0.6) is 0 Å². The first-order chi connectivity index (χ1) is 6.27. The lowest BCUT2D eigenvalue weighted by molar-refractivity contribution is 1.17. The Kier molecular flexibility index (Phi) is 1.59.